The van der Waals surface area contributed by atoms with Gasteiger partial charge in [0.25, 0.3) is 5.69 Å². The molecule has 170 valence electrons. The van der Waals surface area contributed by atoms with E-state index in [2.05, 4.69) is 5.32 Å². The number of aryl methyl sites for hydroxylation is 1. The van der Waals surface area contributed by atoms with Gasteiger partial charge in [0.1, 0.15) is 6.04 Å². The molecule has 0 heterocycles. The van der Waals surface area contributed by atoms with E-state index in [9.17, 15) is 19.7 Å². The zero-order chi connectivity index (χ0) is 23.8. The summed E-state index contributed by atoms with van der Waals surface area (Å²) >= 11 is 0. The highest BCUT2D eigenvalue weighted by atomic mass is 16.6. The van der Waals surface area contributed by atoms with E-state index in [1.165, 1.54) is 11.0 Å². The number of hydrogen-bond donors (Lipinski definition) is 1. The molecule has 3 aromatic carbocycles. The third-order valence-corrected chi connectivity index (χ3v) is 5.65. The number of carbonyl (C=O) groups excluding carboxylic acids is 2. The van der Waals surface area contributed by atoms with Crippen LogP contribution in [0.15, 0.2) is 78.9 Å². The smallest absolute Gasteiger partial charge is 0.273 e. The van der Waals surface area contributed by atoms with Crippen LogP contribution in [0.5, 0.6) is 0 Å². The van der Waals surface area contributed by atoms with Crippen LogP contribution in [0.3, 0.4) is 0 Å². The number of nitrogens with zero attached hydrogens (tertiary/aromatic N) is 2. The Morgan fingerprint density at radius 1 is 0.939 bits per heavy atom. The number of likely N-dealkylation sites (N-methyl/N-ethyl adjacent to an activating group) is 1. The highest BCUT2D eigenvalue weighted by Crippen LogP contribution is 2.22. The minimum Gasteiger partial charge on any atom is -0.357 e. The summed E-state index contributed by atoms with van der Waals surface area (Å²) in [6.07, 6.45) is 0.153. The summed E-state index contributed by atoms with van der Waals surface area (Å²) in [7, 11) is 1.54. The third-order valence-electron chi connectivity index (χ3n) is 5.65. The molecule has 33 heavy (non-hydrogen) atoms. The van der Waals surface area contributed by atoms with Crippen molar-refractivity contribution in [3.8, 4) is 0 Å². The SMILES string of the molecule is CNC(=O)[C@H](Cc1ccccc1)N(Cc1ccccc1C)C(=O)Cc1ccccc1[N+](=O)[O-]. The quantitative estimate of drug-likeness (QED) is 0.400. The fraction of sp³-hybridized carbons (Fsp3) is 0.231. The Morgan fingerprint density at radius 3 is 2.18 bits per heavy atom. The molecule has 1 atom stereocenters. The van der Waals surface area contributed by atoms with Crippen LogP contribution in [0.25, 0.3) is 0 Å². The van der Waals surface area contributed by atoms with E-state index >= 15 is 0 Å². The van der Waals surface area contributed by atoms with Crippen LogP contribution in [0.1, 0.15) is 22.3 Å². The number of benzene rings is 3. The molecule has 0 unspecified atom stereocenters. The van der Waals surface area contributed by atoms with Crippen molar-refractivity contribution < 1.29 is 14.5 Å². The summed E-state index contributed by atoms with van der Waals surface area (Å²) in [5.41, 5.74) is 3.03. The number of para-hydroxylation sites is 1. The number of nitrogens with one attached hydrogen (secondary N) is 1. The van der Waals surface area contributed by atoms with Gasteiger partial charge in [-0.25, -0.2) is 0 Å². The van der Waals surface area contributed by atoms with Crippen molar-refractivity contribution in [3.05, 3.63) is 111 Å². The number of carbonyl (C=O) groups is 2. The number of rotatable bonds is 9. The first-order valence-corrected chi connectivity index (χ1v) is 10.7. The summed E-state index contributed by atoms with van der Waals surface area (Å²) in [5, 5.41) is 14.1. The highest BCUT2D eigenvalue weighted by Gasteiger charge is 2.31. The van der Waals surface area contributed by atoms with Crippen LogP contribution in [-0.2, 0) is 29.0 Å². The Morgan fingerprint density at radius 2 is 1.55 bits per heavy atom. The van der Waals surface area contributed by atoms with Gasteiger partial charge >= 0.3 is 0 Å². The topological polar surface area (TPSA) is 92.6 Å². The van der Waals surface area contributed by atoms with Gasteiger partial charge < -0.3 is 10.2 Å². The maximum Gasteiger partial charge on any atom is 0.273 e. The Balaban J connectivity index is 2.00. The predicted octanol–water partition coefficient (Wildman–Crippen LogP) is 3.83. The van der Waals surface area contributed by atoms with Gasteiger partial charge in [-0.05, 0) is 23.6 Å². The van der Waals surface area contributed by atoms with Crippen molar-refractivity contribution in [3.63, 3.8) is 0 Å². The van der Waals surface area contributed by atoms with Crippen molar-refractivity contribution >= 4 is 17.5 Å². The van der Waals surface area contributed by atoms with Crippen molar-refractivity contribution in [1.29, 1.82) is 0 Å². The molecule has 0 aliphatic heterocycles. The number of nitro benzene ring substituents is 1. The van der Waals surface area contributed by atoms with Gasteiger partial charge in [-0.3, -0.25) is 19.7 Å². The molecule has 2 amide bonds. The second kappa shape index (κ2) is 11.0. The lowest BCUT2D eigenvalue weighted by Gasteiger charge is -2.31. The predicted molar refractivity (Wildman–Crippen MR) is 127 cm³/mol. The molecule has 3 rings (SSSR count). The maximum atomic E-state index is 13.6. The second-order valence-corrected chi connectivity index (χ2v) is 7.83. The molecule has 0 aliphatic carbocycles. The van der Waals surface area contributed by atoms with Crippen LogP contribution in [0, 0.1) is 17.0 Å². The molecule has 0 saturated heterocycles. The van der Waals surface area contributed by atoms with Crippen molar-refractivity contribution in [2.24, 2.45) is 0 Å². The van der Waals surface area contributed by atoms with Gasteiger partial charge in [0, 0.05) is 31.6 Å². The van der Waals surface area contributed by atoms with Gasteiger partial charge in [-0.1, -0.05) is 72.8 Å². The molecule has 7 nitrogen and oxygen atoms in total. The molecule has 0 radical (unpaired) electrons. The maximum absolute atomic E-state index is 13.6. The normalized spacial score (nSPS) is 11.5. The second-order valence-electron chi connectivity index (χ2n) is 7.83. The van der Waals surface area contributed by atoms with Gasteiger partial charge in [0.15, 0.2) is 0 Å². The lowest BCUT2D eigenvalue weighted by atomic mass is 10.00. The first kappa shape index (κ1) is 23.7. The summed E-state index contributed by atoms with van der Waals surface area (Å²) in [6, 6.07) is 22.6. The standard InChI is InChI=1S/C26H27N3O4/c1-19-10-6-7-14-22(19)18-28(24(26(31)27-2)16-20-11-4-3-5-12-20)25(30)17-21-13-8-9-15-23(21)29(32)33/h3-15,24H,16-18H2,1-2H3,(H,27,31)/t24-/m0/s1. The fourth-order valence-corrected chi connectivity index (χ4v) is 3.79. The van der Waals surface area contributed by atoms with Gasteiger partial charge in [0.2, 0.25) is 11.8 Å². The minimum atomic E-state index is -0.771. The molecule has 0 aliphatic rings. The fourth-order valence-electron chi connectivity index (χ4n) is 3.79. The monoisotopic (exact) mass is 445 g/mol. The average Bonchev–Trinajstić information content (AvgIpc) is 2.82. The molecule has 3 aromatic rings. The molecule has 0 spiro atoms. The first-order valence-electron chi connectivity index (χ1n) is 10.7. The lowest BCUT2D eigenvalue weighted by Crippen LogP contribution is -2.50. The molecular weight excluding hydrogens is 418 g/mol. The number of amides is 2. The van der Waals surface area contributed by atoms with E-state index in [1.807, 2.05) is 61.5 Å². The Labute approximate surface area is 193 Å². The average molecular weight is 446 g/mol. The zero-order valence-corrected chi connectivity index (χ0v) is 18.7. The minimum absolute atomic E-state index is 0.110. The molecule has 0 aromatic heterocycles. The van der Waals surface area contributed by atoms with Crippen LogP contribution in [-0.4, -0.2) is 34.7 Å². The molecule has 1 N–H and O–H groups in total. The summed E-state index contributed by atoms with van der Waals surface area (Å²) in [4.78, 5) is 39.0. The first-order chi connectivity index (χ1) is 15.9. The largest absolute Gasteiger partial charge is 0.357 e. The van der Waals surface area contributed by atoms with Gasteiger partial charge in [-0.15, -0.1) is 0 Å². The molecule has 0 saturated carbocycles. The number of nitro groups is 1. The van der Waals surface area contributed by atoms with E-state index < -0.39 is 11.0 Å². The third kappa shape index (κ3) is 6.04. The summed E-state index contributed by atoms with van der Waals surface area (Å²) in [5.74, 6) is -0.638. The zero-order valence-electron chi connectivity index (χ0n) is 18.7. The summed E-state index contributed by atoms with van der Waals surface area (Å²) < 4.78 is 0. The van der Waals surface area contributed by atoms with E-state index in [1.54, 1.807) is 25.2 Å². The van der Waals surface area contributed by atoms with Crippen LogP contribution in [0.2, 0.25) is 0 Å². The Hall–Kier alpha value is -4.00. The Bertz CT molecular complexity index is 1130. The van der Waals surface area contributed by atoms with Gasteiger partial charge in [-0.2, -0.15) is 0 Å². The van der Waals surface area contributed by atoms with Crippen molar-refractivity contribution in [1.82, 2.24) is 10.2 Å². The van der Waals surface area contributed by atoms with Crippen LogP contribution < -0.4 is 5.32 Å². The van der Waals surface area contributed by atoms with E-state index in [4.69, 9.17) is 0 Å². The van der Waals surface area contributed by atoms with Crippen molar-refractivity contribution in [2.75, 3.05) is 7.05 Å². The van der Waals surface area contributed by atoms with E-state index in [0.29, 0.717) is 12.0 Å². The van der Waals surface area contributed by atoms with Crippen molar-refractivity contribution in [2.45, 2.75) is 32.4 Å². The molecule has 0 fully saturated rings. The van der Waals surface area contributed by atoms with E-state index in [-0.39, 0.29) is 30.5 Å². The summed E-state index contributed by atoms with van der Waals surface area (Å²) in [6.45, 7) is 2.17. The lowest BCUT2D eigenvalue weighted by molar-refractivity contribution is -0.385. The van der Waals surface area contributed by atoms with Gasteiger partial charge in [0.05, 0.1) is 11.3 Å². The molecule has 7 heteroatoms. The van der Waals surface area contributed by atoms with E-state index in [0.717, 1.165) is 16.7 Å². The number of hydrogen-bond acceptors (Lipinski definition) is 4. The van der Waals surface area contributed by atoms with Crippen LogP contribution >= 0.6 is 0 Å². The highest BCUT2D eigenvalue weighted by molar-refractivity contribution is 5.89. The molecular formula is C26H27N3O4. The Kier molecular flexibility index (Phi) is 7.91. The molecule has 0 bridgehead atoms. The van der Waals surface area contributed by atoms with Crippen LogP contribution in [0.4, 0.5) is 5.69 Å².